The van der Waals surface area contributed by atoms with E-state index in [1.165, 1.54) is 40.9 Å². The number of nitrogens with zero attached hydrogens (tertiary/aromatic N) is 2. The van der Waals surface area contributed by atoms with Crippen LogP contribution in [-0.2, 0) is 12.8 Å². The third kappa shape index (κ3) is 2.08. The predicted octanol–water partition coefficient (Wildman–Crippen LogP) is 4.07. The van der Waals surface area contributed by atoms with Crippen LogP contribution in [0.15, 0.2) is 11.4 Å². The Labute approximate surface area is 110 Å². The van der Waals surface area contributed by atoms with Gasteiger partial charge < -0.3 is 0 Å². The molecule has 0 atom stereocenters. The fraction of sp³-hybridized carbons (Fsp3) is 0.538. The summed E-state index contributed by atoms with van der Waals surface area (Å²) in [5, 5.41) is 3.11. The molecule has 17 heavy (non-hydrogen) atoms. The lowest BCUT2D eigenvalue weighted by atomic mass is 9.97. The molecule has 0 fully saturated rings. The van der Waals surface area contributed by atoms with Gasteiger partial charge in [0, 0.05) is 15.5 Å². The second-order valence-electron chi connectivity index (χ2n) is 4.74. The van der Waals surface area contributed by atoms with Gasteiger partial charge in [-0.15, -0.1) is 23.1 Å². The maximum Gasteiger partial charge on any atom is 0.128 e. The first-order valence-corrected chi connectivity index (χ1v) is 7.87. The molecule has 3 rings (SSSR count). The number of thiophene rings is 1. The summed E-state index contributed by atoms with van der Waals surface area (Å²) in [5.74, 6) is 0. The van der Waals surface area contributed by atoms with E-state index in [1.54, 1.807) is 16.8 Å². The van der Waals surface area contributed by atoms with Crippen molar-refractivity contribution in [2.75, 3.05) is 0 Å². The van der Waals surface area contributed by atoms with E-state index in [0.717, 1.165) is 0 Å². The van der Waals surface area contributed by atoms with Gasteiger partial charge in [0.15, 0.2) is 0 Å². The molecular weight excluding hydrogens is 248 g/mol. The standard InChI is InChI=1S/C13H16N2S2/c1-8(2)16-12-11-9-5-3-4-6-10(9)17-13(11)15-7-14-12/h7-8H,3-6H2,1-2H3. The number of fused-ring (bicyclic) bond motifs is 3. The van der Waals surface area contributed by atoms with Crippen LogP contribution >= 0.6 is 23.1 Å². The first-order valence-electron chi connectivity index (χ1n) is 6.17. The number of rotatable bonds is 2. The van der Waals surface area contributed by atoms with E-state index in [9.17, 15) is 0 Å². The Kier molecular flexibility index (Phi) is 3.09. The van der Waals surface area contributed by atoms with E-state index < -0.39 is 0 Å². The zero-order valence-electron chi connectivity index (χ0n) is 10.2. The zero-order chi connectivity index (χ0) is 11.8. The average Bonchev–Trinajstić information content (AvgIpc) is 2.67. The van der Waals surface area contributed by atoms with Crippen LogP contribution in [0.25, 0.3) is 10.2 Å². The van der Waals surface area contributed by atoms with E-state index in [2.05, 4.69) is 23.8 Å². The van der Waals surface area contributed by atoms with Crippen LogP contribution < -0.4 is 0 Å². The molecule has 2 nitrogen and oxygen atoms in total. The minimum atomic E-state index is 0.576. The number of hydrogen-bond acceptors (Lipinski definition) is 4. The molecule has 0 bridgehead atoms. The molecule has 0 N–H and O–H groups in total. The third-order valence-corrected chi connectivity index (χ3v) is 5.27. The van der Waals surface area contributed by atoms with E-state index in [-0.39, 0.29) is 0 Å². The van der Waals surface area contributed by atoms with Crippen LogP contribution in [0.3, 0.4) is 0 Å². The zero-order valence-corrected chi connectivity index (χ0v) is 11.8. The molecule has 1 aliphatic carbocycles. The van der Waals surface area contributed by atoms with Crippen molar-refractivity contribution in [1.29, 1.82) is 0 Å². The van der Waals surface area contributed by atoms with Crippen molar-refractivity contribution in [2.24, 2.45) is 0 Å². The fourth-order valence-corrected chi connectivity index (χ4v) is 4.56. The van der Waals surface area contributed by atoms with Gasteiger partial charge in [-0.25, -0.2) is 9.97 Å². The molecule has 4 heteroatoms. The van der Waals surface area contributed by atoms with Crippen molar-refractivity contribution in [1.82, 2.24) is 9.97 Å². The quantitative estimate of drug-likeness (QED) is 0.604. The summed E-state index contributed by atoms with van der Waals surface area (Å²) in [5.41, 5.74) is 1.54. The molecule has 0 saturated carbocycles. The Bertz CT molecular complexity index is 546. The number of aryl methyl sites for hydroxylation is 2. The molecule has 0 saturated heterocycles. The Morgan fingerprint density at radius 1 is 1.24 bits per heavy atom. The lowest BCUT2D eigenvalue weighted by molar-refractivity contribution is 0.699. The monoisotopic (exact) mass is 264 g/mol. The fourth-order valence-electron chi connectivity index (χ4n) is 2.37. The first-order chi connectivity index (χ1) is 8.25. The van der Waals surface area contributed by atoms with Gasteiger partial charge in [-0.1, -0.05) is 13.8 Å². The smallest absolute Gasteiger partial charge is 0.128 e. The molecule has 2 aromatic rings. The topological polar surface area (TPSA) is 25.8 Å². The minimum Gasteiger partial charge on any atom is -0.229 e. The highest BCUT2D eigenvalue weighted by Crippen LogP contribution is 2.39. The highest BCUT2D eigenvalue weighted by Gasteiger charge is 2.20. The van der Waals surface area contributed by atoms with Crippen LogP contribution in [0.2, 0.25) is 0 Å². The average molecular weight is 264 g/mol. The van der Waals surface area contributed by atoms with Gasteiger partial charge in [0.05, 0.1) is 0 Å². The van der Waals surface area contributed by atoms with Gasteiger partial charge in [0.25, 0.3) is 0 Å². The van der Waals surface area contributed by atoms with Crippen LogP contribution in [0.4, 0.5) is 0 Å². The van der Waals surface area contributed by atoms with E-state index in [4.69, 9.17) is 0 Å². The highest BCUT2D eigenvalue weighted by molar-refractivity contribution is 8.00. The summed E-state index contributed by atoms with van der Waals surface area (Å²) < 4.78 is 0. The van der Waals surface area contributed by atoms with Gasteiger partial charge in [0.1, 0.15) is 16.2 Å². The van der Waals surface area contributed by atoms with Crippen molar-refractivity contribution in [2.45, 2.75) is 49.8 Å². The van der Waals surface area contributed by atoms with Crippen molar-refractivity contribution >= 4 is 33.3 Å². The lowest BCUT2D eigenvalue weighted by Gasteiger charge is -2.12. The summed E-state index contributed by atoms with van der Waals surface area (Å²) in [6, 6.07) is 0. The molecule has 90 valence electrons. The molecule has 0 unspecified atom stereocenters. The number of aromatic nitrogens is 2. The van der Waals surface area contributed by atoms with Crippen molar-refractivity contribution in [3.05, 3.63) is 16.8 Å². The Morgan fingerprint density at radius 3 is 2.88 bits per heavy atom. The van der Waals surface area contributed by atoms with Crippen LogP contribution in [0.5, 0.6) is 0 Å². The summed E-state index contributed by atoms with van der Waals surface area (Å²) in [6.45, 7) is 4.44. The van der Waals surface area contributed by atoms with E-state index in [0.29, 0.717) is 5.25 Å². The lowest BCUT2D eigenvalue weighted by Crippen LogP contribution is -1.99. The maximum absolute atomic E-state index is 4.49. The molecule has 0 amide bonds. The number of thioether (sulfide) groups is 1. The van der Waals surface area contributed by atoms with Gasteiger partial charge >= 0.3 is 0 Å². The van der Waals surface area contributed by atoms with Crippen LogP contribution in [-0.4, -0.2) is 15.2 Å². The Hall–Kier alpha value is -0.610. The van der Waals surface area contributed by atoms with Crippen LogP contribution in [0, 0.1) is 0 Å². The Morgan fingerprint density at radius 2 is 2.06 bits per heavy atom. The second-order valence-corrected chi connectivity index (χ2v) is 7.39. The second kappa shape index (κ2) is 4.58. The number of hydrogen-bond donors (Lipinski definition) is 0. The van der Waals surface area contributed by atoms with Gasteiger partial charge in [0.2, 0.25) is 0 Å². The van der Waals surface area contributed by atoms with Gasteiger partial charge in [-0.2, -0.15) is 0 Å². The van der Waals surface area contributed by atoms with E-state index in [1.807, 2.05) is 23.1 Å². The van der Waals surface area contributed by atoms with Crippen molar-refractivity contribution in [3.63, 3.8) is 0 Å². The summed E-state index contributed by atoms with van der Waals surface area (Å²) in [6.07, 6.45) is 6.82. The highest BCUT2D eigenvalue weighted by atomic mass is 32.2. The summed E-state index contributed by atoms with van der Waals surface area (Å²) in [7, 11) is 0. The predicted molar refractivity (Wildman–Crippen MR) is 75.1 cm³/mol. The third-order valence-electron chi connectivity index (χ3n) is 3.06. The summed E-state index contributed by atoms with van der Waals surface area (Å²) in [4.78, 5) is 11.7. The molecule has 2 heterocycles. The minimum absolute atomic E-state index is 0.576. The Balaban J connectivity index is 2.18. The van der Waals surface area contributed by atoms with Crippen molar-refractivity contribution < 1.29 is 0 Å². The molecule has 0 spiro atoms. The normalized spacial score (nSPS) is 15.5. The summed E-state index contributed by atoms with van der Waals surface area (Å²) >= 11 is 3.74. The molecule has 0 aliphatic heterocycles. The largest absolute Gasteiger partial charge is 0.229 e. The molecule has 1 aliphatic rings. The van der Waals surface area contributed by atoms with E-state index >= 15 is 0 Å². The van der Waals surface area contributed by atoms with Crippen LogP contribution in [0.1, 0.15) is 37.1 Å². The van der Waals surface area contributed by atoms with Gasteiger partial charge in [-0.05, 0) is 31.2 Å². The maximum atomic E-state index is 4.49. The molecule has 0 radical (unpaired) electrons. The van der Waals surface area contributed by atoms with Gasteiger partial charge in [-0.3, -0.25) is 0 Å². The van der Waals surface area contributed by atoms with Crippen molar-refractivity contribution in [3.8, 4) is 0 Å². The molecular formula is C13H16N2S2. The molecule has 2 aromatic heterocycles. The first kappa shape index (κ1) is 11.5. The SMILES string of the molecule is CC(C)Sc1ncnc2sc3c(c12)CCCC3. The molecule has 0 aromatic carbocycles.